The van der Waals surface area contributed by atoms with E-state index in [4.69, 9.17) is 0 Å². The van der Waals surface area contributed by atoms with E-state index in [-0.39, 0.29) is 17.9 Å². The number of nitrogens with one attached hydrogen (secondary N) is 1. The molecule has 0 radical (unpaired) electrons. The van der Waals surface area contributed by atoms with Crippen LogP contribution in [0.1, 0.15) is 55.9 Å². The van der Waals surface area contributed by atoms with Gasteiger partial charge in [0.2, 0.25) is 11.8 Å². The number of thioether (sulfide) groups is 1. The minimum Gasteiger partial charge on any atom is -0.352 e. The maximum Gasteiger partial charge on any atom is 0.243 e. The zero-order chi connectivity index (χ0) is 22.8. The number of hydrogen-bond acceptors (Lipinski definition) is 3. The summed E-state index contributed by atoms with van der Waals surface area (Å²) < 4.78 is 0. The molecule has 0 saturated heterocycles. The van der Waals surface area contributed by atoms with Crippen molar-refractivity contribution in [1.82, 2.24) is 10.2 Å². The van der Waals surface area contributed by atoms with Gasteiger partial charge in [-0.2, -0.15) is 0 Å². The predicted molar refractivity (Wildman–Crippen MR) is 131 cm³/mol. The molecule has 0 aliphatic heterocycles. The van der Waals surface area contributed by atoms with Gasteiger partial charge in [0.15, 0.2) is 0 Å². The van der Waals surface area contributed by atoms with E-state index in [2.05, 4.69) is 30.4 Å². The van der Waals surface area contributed by atoms with Gasteiger partial charge in [-0.25, -0.2) is 0 Å². The summed E-state index contributed by atoms with van der Waals surface area (Å²) in [5.74, 6) is 1.08. The van der Waals surface area contributed by atoms with Crippen LogP contribution in [0, 0.1) is 13.8 Å². The van der Waals surface area contributed by atoms with E-state index in [1.165, 1.54) is 11.1 Å². The summed E-state index contributed by atoms with van der Waals surface area (Å²) in [4.78, 5) is 28.0. The molecule has 4 nitrogen and oxygen atoms in total. The van der Waals surface area contributed by atoms with Crippen LogP contribution >= 0.6 is 11.8 Å². The topological polar surface area (TPSA) is 49.4 Å². The summed E-state index contributed by atoms with van der Waals surface area (Å²) in [5, 5.41) is 3.06. The van der Waals surface area contributed by atoms with E-state index >= 15 is 0 Å². The maximum atomic E-state index is 13.3. The first kappa shape index (κ1) is 25.0. The quantitative estimate of drug-likeness (QED) is 0.519. The molecule has 2 aromatic carbocycles. The van der Waals surface area contributed by atoms with Crippen molar-refractivity contribution in [2.45, 2.75) is 71.8 Å². The summed E-state index contributed by atoms with van der Waals surface area (Å²) in [7, 11) is 0. The molecule has 2 rings (SSSR count). The third-order valence-electron chi connectivity index (χ3n) is 5.57. The molecule has 2 atom stereocenters. The number of aryl methyl sites for hydroxylation is 2. The molecule has 2 amide bonds. The lowest BCUT2D eigenvalue weighted by atomic mass is 10.1. The van der Waals surface area contributed by atoms with Crippen molar-refractivity contribution in [3.05, 3.63) is 70.8 Å². The van der Waals surface area contributed by atoms with E-state index in [1.807, 2.05) is 58.0 Å². The average Bonchev–Trinajstić information content (AvgIpc) is 2.74. The Balaban J connectivity index is 2.15. The first-order valence-electron chi connectivity index (χ1n) is 11.1. The maximum absolute atomic E-state index is 13.3. The van der Waals surface area contributed by atoms with E-state index in [9.17, 15) is 9.59 Å². The number of benzene rings is 2. The standard InChI is InChI=1S/C26H36N2O2S/c1-6-21(5)27-26(30)24(7-2)28(16-22-13-10-11-19(3)15-22)25(29)18-31-17-23-14-9-8-12-20(23)4/h8-15,21,24H,6-7,16-18H2,1-5H3,(H,27,30)/t21-,24+/m1/s1. The van der Waals surface area contributed by atoms with Gasteiger partial charge in [-0.05, 0) is 50.3 Å². The van der Waals surface area contributed by atoms with Crippen molar-refractivity contribution in [2.75, 3.05) is 5.75 Å². The molecule has 0 aromatic heterocycles. The minimum absolute atomic E-state index is 0.00578. The van der Waals surface area contributed by atoms with E-state index < -0.39 is 6.04 Å². The second-order valence-electron chi connectivity index (χ2n) is 8.17. The molecule has 31 heavy (non-hydrogen) atoms. The molecular weight excluding hydrogens is 404 g/mol. The summed E-state index contributed by atoms with van der Waals surface area (Å²) in [6.07, 6.45) is 1.45. The summed E-state index contributed by atoms with van der Waals surface area (Å²) in [6, 6.07) is 16.0. The van der Waals surface area contributed by atoms with Gasteiger partial charge >= 0.3 is 0 Å². The van der Waals surface area contributed by atoms with Gasteiger partial charge in [0, 0.05) is 18.3 Å². The SMILES string of the molecule is CC[C@@H](C)NC(=O)[C@H](CC)N(Cc1cccc(C)c1)C(=O)CSCc1ccccc1C. The second kappa shape index (κ2) is 12.6. The van der Waals surface area contributed by atoms with E-state index in [1.54, 1.807) is 16.7 Å². The summed E-state index contributed by atoms with van der Waals surface area (Å²) >= 11 is 1.61. The Morgan fingerprint density at radius 3 is 2.42 bits per heavy atom. The lowest BCUT2D eigenvalue weighted by molar-refractivity contribution is -0.139. The highest BCUT2D eigenvalue weighted by molar-refractivity contribution is 7.99. The van der Waals surface area contributed by atoms with Crippen LogP contribution in [0.4, 0.5) is 0 Å². The molecule has 0 spiro atoms. The van der Waals surface area contributed by atoms with Crippen molar-refractivity contribution < 1.29 is 9.59 Å². The second-order valence-corrected chi connectivity index (χ2v) is 9.16. The largest absolute Gasteiger partial charge is 0.352 e. The molecule has 5 heteroatoms. The molecular formula is C26H36N2O2S. The van der Waals surface area contributed by atoms with E-state index in [0.717, 1.165) is 23.3 Å². The predicted octanol–water partition coefficient (Wildman–Crippen LogP) is 5.26. The van der Waals surface area contributed by atoms with Gasteiger partial charge in [-0.1, -0.05) is 67.9 Å². The van der Waals surface area contributed by atoms with Crippen molar-refractivity contribution >= 4 is 23.6 Å². The zero-order valence-corrected chi connectivity index (χ0v) is 20.3. The average molecular weight is 441 g/mol. The van der Waals surface area contributed by atoms with Crippen LogP contribution in [-0.4, -0.2) is 34.6 Å². The number of amides is 2. The highest BCUT2D eigenvalue weighted by Crippen LogP contribution is 2.19. The lowest BCUT2D eigenvalue weighted by Crippen LogP contribution is -2.51. The first-order chi connectivity index (χ1) is 14.8. The lowest BCUT2D eigenvalue weighted by Gasteiger charge is -2.31. The van der Waals surface area contributed by atoms with Crippen LogP contribution in [0.25, 0.3) is 0 Å². The van der Waals surface area contributed by atoms with Crippen molar-refractivity contribution in [3.63, 3.8) is 0 Å². The number of carbonyl (C=O) groups is 2. The Morgan fingerprint density at radius 1 is 1.03 bits per heavy atom. The zero-order valence-electron chi connectivity index (χ0n) is 19.5. The van der Waals surface area contributed by atoms with Gasteiger partial charge in [0.25, 0.3) is 0 Å². The molecule has 0 aliphatic carbocycles. The number of hydrogen-bond donors (Lipinski definition) is 1. The Kier molecular flexibility index (Phi) is 10.1. The Bertz CT molecular complexity index is 868. The molecule has 168 valence electrons. The molecule has 0 fully saturated rings. The van der Waals surface area contributed by atoms with Gasteiger partial charge < -0.3 is 10.2 Å². The first-order valence-corrected chi connectivity index (χ1v) is 12.3. The Morgan fingerprint density at radius 2 is 1.77 bits per heavy atom. The number of rotatable bonds is 11. The van der Waals surface area contributed by atoms with Crippen LogP contribution in [0.2, 0.25) is 0 Å². The monoisotopic (exact) mass is 440 g/mol. The van der Waals surface area contributed by atoms with Crippen LogP contribution in [0.5, 0.6) is 0 Å². The molecule has 0 saturated carbocycles. The number of carbonyl (C=O) groups excluding carboxylic acids is 2. The highest BCUT2D eigenvalue weighted by atomic mass is 32.2. The molecule has 0 aliphatic rings. The summed E-state index contributed by atoms with van der Waals surface area (Å²) in [6.45, 7) is 10.6. The van der Waals surface area contributed by atoms with Gasteiger partial charge in [-0.15, -0.1) is 11.8 Å². The van der Waals surface area contributed by atoms with Gasteiger partial charge in [0.05, 0.1) is 5.75 Å². The van der Waals surface area contributed by atoms with E-state index in [0.29, 0.717) is 18.7 Å². The Hall–Kier alpha value is -2.27. The number of nitrogens with zero attached hydrogens (tertiary/aromatic N) is 1. The van der Waals surface area contributed by atoms with Crippen molar-refractivity contribution in [1.29, 1.82) is 0 Å². The molecule has 0 heterocycles. The van der Waals surface area contributed by atoms with Crippen molar-refractivity contribution in [2.24, 2.45) is 0 Å². The fraction of sp³-hybridized carbons (Fsp3) is 0.462. The molecule has 0 bridgehead atoms. The van der Waals surface area contributed by atoms with Gasteiger partial charge in [0.1, 0.15) is 6.04 Å². The van der Waals surface area contributed by atoms with Crippen LogP contribution < -0.4 is 5.32 Å². The summed E-state index contributed by atoms with van der Waals surface area (Å²) in [5.41, 5.74) is 4.67. The Labute approximate surface area is 191 Å². The minimum atomic E-state index is -0.471. The molecule has 1 N–H and O–H groups in total. The third kappa shape index (κ3) is 7.73. The van der Waals surface area contributed by atoms with Crippen LogP contribution in [-0.2, 0) is 21.9 Å². The molecule has 0 unspecified atom stereocenters. The highest BCUT2D eigenvalue weighted by Gasteiger charge is 2.29. The van der Waals surface area contributed by atoms with Gasteiger partial charge in [-0.3, -0.25) is 9.59 Å². The van der Waals surface area contributed by atoms with Crippen molar-refractivity contribution in [3.8, 4) is 0 Å². The smallest absolute Gasteiger partial charge is 0.243 e. The van der Waals surface area contributed by atoms with Crippen LogP contribution in [0.15, 0.2) is 48.5 Å². The fourth-order valence-corrected chi connectivity index (χ4v) is 4.46. The normalized spacial score (nSPS) is 12.8. The molecule has 2 aromatic rings. The van der Waals surface area contributed by atoms with Crippen LogP contribution in [0.3, 0.4) is 0 Å². The fourth-order valence-electron chi connectivity index (χ4n) is 3.47. The third-order valence-corrected chi connectivity index (χ3v) is 6.53.